The van der Waals surface area contributed by atoms with Gasteiger partial charge in [-0.15, -0.1) is 0 Å². The molecule has 0 heterocycles. The molecule has 0 aliphatic rings. The van der Waals surface area contributed by atoms with E-state index in [9.17, 15) is 5.11 Å². The minimum atomic E-state index is -0.532. The molecule has 3 nitrogen and oxygen atoms in total. The van der Waals surface area contributed by atoms with Crippen LogP contribution in [0.25, 0.3) is 0 Å². The van der Waals surface area contributed by atoms with E-state index >= 15 is 0 Å². The third-order valence-corrected chi connectivity index (χ3v) is 3.07. The maximum Gasteiger partial charge on any atom is 0.122 e. The zero-order valence-corrected chi connectivity index (χ0v) is 13.7. The van der Waals surface area contributed by atoms with E-state index in [4.69, 9.17) is 9.47 Å². The molecule has 0 spiro atoms. The van der Waals surface area contributed by atoms with Crippen molar-refractivity contribution in [2.24, 2.45) is 0 Å². The highest BCUT2D eigenvalue weighted by Gasteiger charge is 2.09. The van der Waals surface area contributed by atoms with Gasteiger partial charge in [0.1, 0.15) is 5.75 Å². The molecule has 0 amide bonds. The minimum absolute atomic E-state index is 0.312. The molecule has 1 N–H and O–H groups in total. The van der Waals surface area contributed by atoms with Crippen LogP contribution in [-0.4, -0.2) is 24.9 Å². The molecule has 0 saturated carbocycles. The van der Waals surface area contributed by atoms with Crippen molar-refractivity contribution in [3.63, 3.8) is 0 Å². The summed E-state index contributed by atoms with van der Waals surface area (Å²) in [4.78, 5) is 0. The Morgan fingerprint density at radius 1 is 0.955 bits per heavy atom. The van der Waals surface area contributed by atoms with Crippen molar-refractivity contribution < 1.29 is 14.6 Å². The van der Waals surface area contributed by atoms with Crippen molar-refractivity contribution in [1.82, 2.24) is 0 Å². The Bertz CT molecular complexity index is 511. The highest BCUT2D eigenvalue weighted by atomic mass is 16.5. The van der Waals surface area contributed by atoms with Gasteiger partial charge in [0, 0.05) is 6.42 Å². The quantitative estimate of drug-likeness (QED) is 0.844. The molecular weight excluding hydrogens is 276 g/mol. The van der Waals surface area contributed by atoms with Gasteiger partial charge < -0.3 is 14.6 Å². The summed E-state index contributed by atoms with van der Waals surface area (Å²) < 4.78 is 10.8. The zero-order valence-electron chi connectivity index (χ0n) is 13.7. The molecule has 0 aliphatic carbocycles. The van der Waals surface area contributed by atoms with Crippen LogP contribution in [-0.2, 0) is 17.8 Å². The molecule has 0 aromatic heterocycles. The van der Waals surface area contributed by atoms with Gasteiger partial charge in [-0.1, -0.05) is 62.4 Å². The van der Waals surface area contributed by atoms with E-state index in [-0.39, 0.29) is 0 Å². The molecule has 2 aromatic carbocycles. The number of aliphatic hydroxyl groups excluding tert-OH is 1. The average molecular weight is 302 g/mol. The molecule has 0 aliphatic heterocycles. The van der Waals surface area contributed by atoms with E-state index in [2.05, 4.69) is 0 Å². The Kier molecular flexibility index (Phi) is 8.96. The first-order chi connectivity index (χ1) is 10.8. The van der Waals surface area contributed by atoms with Crippen LogP contribution in [0, 0.1) is 0 Å². The topological polar surface area (TPSA) is 38.7 Å². The molecule has 0 fully saturated rings. The summed E-state index contributed by atoms with van der Waals surface area (Å²) in [6.07, 6.45) is -0.00581. The second kappa shape index (κ2) is 10.8. The lowest BCUT2D eigenvalue weighted by Crippen LogP contribution is -2.18. The number of benzene rings is 2. The molecule has 0 radical (unpaired) electrons. The fraction of sp³-hybridized carbons (Fsp3) is 0.368. The van der Waals surface area contributed by atoms with Crippen LogP contribution in [0.2, 0.25) is 0 Å². The fourth-order valence-corrected chi connectivity index (χ4v) is 2.07. The number of ether oxygens (including phenoxy) is 2. The predicted molar refractivity (Wildman–Crippen MR) is 90.2 cm³/mol. The first-order valence-corrected chi connectivity index (χ1v) is 7.71. The Hall–Kier alpha value is -1.84. The summed E-state index contributed by atoms with van der Waals surface area (Å²) in [7, 11) is 1.64. The summed E-state index contributed by atoms with van der Waals surface area (Å²) in [5, 5.41) is 10.0. The van der Waals surface area contributed by atoms with Crippen molar-refractivity contribution in [3.8, 4) is 5.75 Å². The van der Waals surface area contributed by atoms with Crippen LogP contribution in [0.5, 0.6) is 5.75 Å². The molecular formula is C19H26O3. The Balaban J connectivity index is 0.00000116. The Morgan fingerprint density at radius 3 is 2.27 bits per heavy atom. The van der Waals surface area contributed by atoms with Crippen LogP contribution in [0.3, 0.4) is 0 Å². The number of aliphatic hydroxyl groups is 1. The molecule has 1 atom stereocenters. The predicted octanol–water partition coefficient (Wildman–Crippen LogP) is 3.84. The van der Waals surface area contributed by atoms with Crippen molar-refractivity contribution in [1.29, 1.82) is 0 Å². The van der Waals surface area contributed by atoms with E-state index < -0.39 is 6.10 Å². The highest BCUT2D eigenvalue weighted by Crippen LogP contribution is 2.19. The van der Waals surface area contributed by atoms with Gasteiger partial charge in [-0.05, 0) is 17.2 Å². The van der Waals surface area contributed by atoms with Crippen LogP contribution < -0.4 is 4.74 Å². The van der Waals surface area contributed by atoms with Gasteiger partial charge in [0.15, 0.2) is 0 Å². The lowest BCUT2D eigenvalue weighted by Gasteiger charge is -2.13. The second-order valence-electron chi connectivity index (χ2n) is 4.67. The summed E-state index contributed by atoms with van der Waals surface area (Å²) >= 11 is 0. The number of para-hydroxylation sites is 1. The SMILES string of the molecule is CC.COc1ccccc1C[C@H](O)COCc1ccccc1. The molecule has 22 heavy (non-hydrogen) atoms. The van der Waals surface area contributed by atoms with Gasteiger partial charge in [-0.3, -0.25) is 0 Å². The highest BCUT2D eigenvalue weighted by molar-refractivity contribution is 5.33. The van der Waals surface area contributed by atoms with Gasteiger partial charge in [0.25, 0.3) is 0 Å². The van der Waals surface area contributed by atoms with Crippen LogP contribution >= 0.6 is 0 Å². The average Bonchev–Trinajstić information content (AvgIpc) is 2.58. The number of hydrogen-bond donors (Lipinski definition) is 1. The van der Waals surface area contributed by atoms with Crippen molar-refractivity contribution in [3.05, 3.63) is 65.7 Å². The van der Waals surface area contributed by atoms with Crippen molar-refractivity contribution in [2.45, 2.75) is 33.0 Å². The van der Waals surface area contributed by atoms with E-state index in [1.165, 1.54) is 0 Å². The summed E-state index contributed by atoms with van der Waals surface area (Å²) in [5.41, 5.74) is 2.10. The number of hydrogen-bond acceptors (Lipinski definition) is 3. The summed E-state index contributed by atoms with van der Waals surface area (Å²) in [6, 6.07) is 17.6. The molecule has 2 rings (SSSR count). The summed E-state index contributed by atoms with van der Waals surface area (Å²) in [6.45, 7) is 4.83. The van der Waals surface area contributed by atoms with Gasteiger partial charge in [-0.2, -0.15) is 0 Å². The molecule has 0 bridgehead atoms. The zero-order chi connectivity index (χ0) is 16.2. The van der Waals surface area contributed by atoms with Crippen molar-refractivity contribution >= 4 is 0 Å². The second-order valence-corrected chi connectivity index (χ2v) is 4.67. The summed E-state index contributed by atoms with van der Waals surface area (Å²) in [5.74, 6) is 0.801. The first-order valence-electron chi connectivity index (χ1n) is 7.71. The standard InChI is InChI=1S/C17H20O3.C2H6/c1-19-17-10-6-5-9-15(17)11-16(18)13-20-12-14-7-3-2-4-8-14;1-2/h2-10,16,18H,11-13H2,1H3;1-2H3/t16-;/m0./s1. The maximum atomic E-state index is 10.0. The maximum absolute atomic E-state index is 10.0. The van der Waals surface area contributed by atoms with E-state index in [1.54, 1.807) is 7.11 Å². The first kappa shape index (κ1) is 18.2. The van der Waals surface area contributed by atoms with Crippen LogP contribution in [0.15, 0.2) is 54.6 Å². The minimum Gasteiger partial charge on any atom is -0.496 e. The van der Waals surface area contributed by atoms with Crippen LogP contribution in [0.1, 0.15) is 25.0 Å². The molecule has 120 valence electrons. The Labute approximate surface area is 133 Å². The van der Waals surface area contributed by atoms with Gasteiger partial charge in [-0.25, -0.2) is 0 Å². The molecule has 0 unspecified atom stereocenters. The molecule has 2 aromatic rings. The van der Waals surface area contributed by atoms with E-state index in [0.29, 0.717) is 19.6 Å². The normalized spacial score (nSPS) is 11.3. The van der Waals surface area contributed by atoms with Gasteiger partial charge >= 0.3 is 0 Å². The molecule has 3 heteroatoms. The van der Waals surface area contributed by atoms with Crippen LogP contribution in [0.4, 0.5) is 0 Å². The lowest BCUT2D eigenvalue weighted by atomic mass is 10.1. The molecule has 0 saturated heterocycles. The Morgan fingerprint density at radius 2 is 1.59 bits per heavy atom. The van der Waals surface area contributed by atoms with E-state index in [1.807, 2.05) is 68.4 Å². The monoisotopic (exact) mass is 302 g/mol. The smallest absolute Gasteiger partial charge is 0.122 e. The van der Waals surface area contributed by atoms with Gasteiger partial charge in [0.2, 0.25) is 0 Å². The van der Waals surface area contributed by atoms with Crippen molar-refractivity contribution in [2.75, 3.05) is 13.7 Å². The number of rotatable bonds is 7. The van der Waals surface area contributed by atoms with Gasteiger partial charge in [0.05, 0.1) is 26.4 Å². The van der Waals surface area contributed by atoms with E-state index in [0.717, 1.165) is 16.9 Å². The number of methoxy groups -OCH3 is 1. The lowest BCUT2D eigenvalue weighted by molar-refractivity contribution is 0.0286. The third-order valence-electron chi connectivity index (χ3n) is 3.07. The third kappa shape index (κ3) is 6.29. The largest absolute Gasteiger partial charge is 0.496 e. The fourth-order valence-electron chi connectivity index (χ4n) is 2.07.